The van der Waals surface area contributed by atoms with Crippen LogP contribution < -0.4 is 0 Å². The second kappa shape index (κ2) is 4.78. The van der Waals surface area contributed by atoms with E-state index in [-0.39, 0.29) is 6.61 Å². The van der Waals surface area contributed by atoms with E-state index >= 15 is 0 Å². The van der Waals surface area contributed by atoms with Gasteiger partial charge in [-0.2, -0.15) is 0 Å². The molecule has 0 spiro atoms. The second-order valence-electron chi connectivity index (χ2n) is 4.54. The van der Waals surface area contributed by atoms with Gasteiger partial charge in [0.05, 0.1) is 23.5 Å². The van der Waals surface area contributed by atoms with Crippen molar-refractivity contribution in [3.63, 3.8) is 0 Å². The topological polar surface area (TPSA) is 46.0 Å². The van der Waals surface area contributed by atoms with E-state index in [1.54, 1.807) is 6.20 Å². The summed E-state index contributed by atoms with van der Waals surface area (Å²) in [7, 11) is 0. The number of aryl methyl sites for hydroxylation is 1. The van der Waals surface area contributed by atoms with Gasteiger partial charge in [0.25, 0.3) is 0 Å². The first-order chi connectivity index (χ1) is 9.28. The van der Waals surface area contributed by atoms with Crippen molar-refractivity contribution in [1.82, 2.24) is 9.97 Å². The molecule has 0 aliphatic heterocycles. The lowest BCUT2D eigenvalue weighted by Crippen LogP contribution is -1.93. The molecule has 2 aromatic heterocycles. The lowest BCUT2D eigenvalue weighted by atomic mass is 10.1. The van der Waals surface area contributed by atoms with Crippen LogP contribution in [-0.2, 0) is 6.61 Å². The summed E-state index contributed by atoms with van der Waals surface area (Å²) >= 11 is 0. The average molecular weight is 250 g/mol. The van der Waals surface area contributed by atoms with E-state index in [4.69, 9.17) is 10.1 Å². The van der Waals surface area contributed by atoms with Crippen LogP contribution in [0.4, 0.5) is 0 Å². The fraction of sp³-hybridized carbons (Fsp3) is 0.125. The Morgan fingerprint density at radius 2 is 1.95 bits per heavy atom. The number of hydrogen-bond donors (Lipinski definition) is 1. The fourth-order valence-electron chi connectivity index (χ4n) is 2.17. The molecule has 0 unspecified atom stereocenters. The van der Waals surface area contributed by atoms with Gasteiger partial charge >= 0.3 is 0 Å². The monoisotopic (exact) mass is 250 g/mol. The van der Waals surface area contributed by atoms with Gasteiger partial charge in [-0.15, -0.1) is 0 Å². The molecule has 0 aliphatic carbocycles. The summed E-state index contributed by atoms with van der Waals surface area (Å²) in [5, 5.41) is 10.2. The summed E-state index contributed by atoms with van der Waals surface area (Å²) in [5.74, 6) is 0. The maximum Gasteiger partial charge on any atom is 0.0852 e. The van der Waals surface area contributed by atoms with Crippen LogP contribution in [0.1, 0.15) is 11.3 Å². The van der Waals surface area contributed by atoms with E-state index in [1.807, 2.05) is 30.3 Å². The predicted octanol–water partition coefficient (Wildman–Crippen LogP) is 3.10. The lowest BCUT2D eigenvalue weighted by molar-refractivity contribution is 0.277. The van der Waals surface area contributed by atoms with Crippen molar-refractivity contribution in [2.45, 2.75) is 13.5 Å². The van der Waals surface area contributed by atoms with Gasteiger partial charge in [0.1, 0.15) is 0 Å². The van der Waals surface area contributed by atoms with Crippen molar-refractivity contribution >= 4 is 10.9 Å². The molecule has 3 rings (SSSR count). The quantitative estimate of drug-likeness (QED) is 0.760. The van der Waals surface area contributed by atoms with Crippen molar-refractivity contribution < 1.29 is 5.11 Å². The third-order valence-corrected chi connectivity index (χ3v) is 3.17. The maximum absolute atomic E-state index is 9.02. The smallest absolute Gasteiger partial charge is 0.0852 e. The lowest BCUT2D eigenvalue weighted by Gasteiger charge is -2.07. The number of benzene rings is 1. The van der Waals surface area contributed by atoms with E-state index in [0.29, 0.717) is 5.69 Å². The van der Waals surface area contributed by atoms with Gasteiger partial charge < -0.3 is 5.11 Å². The van der Waals surface area contributed by atoms with E-state index < -0.39 is 0 Å². The minimum atomic E-state index is -0.0373. The van der Waals surface area contributed by atoms with Crippen LogP contribution in [0.2, 0.25) is 0 Å². The highest BCUT2D eigenvalue weighted by Gasteiger charge is 2.06. The summed E-state index contributed by atoms with van der Waals surface area (Å²) in [6, 6.07) is 14.0. The third kappa shape index (κ3) is 2.20. The Labute approximate surface area is 111 Å². The van der Waals surface area contributed by atoms with E-state index in [9.17, 15) is 0 Å². The number of nitrogens with zero attached hydrogens (tertiary/aromatic N) is 2. The van der Waals surface area contributed by atoms with Crippen molar-refractivity contribution in [1.29, 1.82) is 0 Å². The molecule has 19 heavy (non-hydrogen) atoms. The molecule has 0 amide bonds. The molecule has 3 nitrogen and oxygen atoms in total. The van der Waals surface area contributed by atoms with Crippen molar-refractivity contribution in [2.75, 3.05) is 0 Å². The Morgan fingerprint density at radius 1 is 1.11 bits per heavy atom. The summed E-state index contributed by atoms with van der Waals surface area (Å²) in [6.45, 7) is 2.01. The van der Waals surface area contributed by atoms with Gasteiger partial charge in [0, 0.05) is 17.1 Å². The normalized spacial score (nSPS) is 10.8. The first kappa shape index (κ1) is 11.8. The number of pyridine rings is 2. The number of aliphatic hydroxyl groups excluding tert-OH is 1. The largest absolute Gasteiger partial charge is 0.390 e. The highest BCUT2D eigenvalue weighted by Crippen LogP contribution is 2.24. The summed E-state index contributed by atoms with van der Waals surface area (Å²) < 4.78 is 0. The molecule has 0 atom stereocenters. The molecule has 3 heteroatoms. The molecular weight excluding hydrogens is 236 g/mol. The first-order valence-corrected chi connectivity index (χ1v) is 6.20. The molecule has 2 heterocycles. The van der Waals surface area contributed by atoms with Crippen LogP contribution in [-0.4, -0.2) is 15.1 Å². The summed E-state index contributed by atoms with van der Waals surface area (Å²) in [6.07, 6.45) is 1.76. The molecule has 0 radical (unpaired) electrons. The molecule has 0 aliphatic rings. The zero-order chi connectivity index (χ0) is 13.2. The van der Waals surface area contributed by atoms with Gasteiger partial charge in [0.2, 0.25) is 0 Å². The molecule has 0 bridgehead atoms. The maximum atomic E-state index is 9.02. The van der Waals surface area contributed by atoms with Crippen LogP contribution in [0.3, 0.4) is 0 Å². The van der Waals surface area contributed by atoms with Crippen molar-refractivity contribution in [3.05, 3.63) is 59.9 Å². The predicted molar refractivity (Wildman–Crippen MR) is 75.6 cm³/mol. The van der Waals surface area contributed by atoms with Crippen molar-refractivity contribution in [2.24, 2.45) is 0 Å². The molecule has 1 N–H and O–H groups in total. The molecular formula is C16H14N2O. The Kier molecular flexibility index (Phi) is 2.97. The van der Waals surface area contributed by atoms with Crippen LogP contribution >= 0.6 is 0 Å². The first-order valence-electron chi connectivity index (χ1n) is 6.20. The van der Waals surface area contributed by atoms with Crippen LogP contribution in [0.5, 0.6) is 0 Å². The number of fused-ring (bicyclic) bond motifs is 1. The Bertz CT molecular complexity index is 720. The Balaban J connectivity index is 2.15. The van der Waals surface area contributed by atoms with Gasteiger partial charge in [-0.25, -0.2) is 4.98 Å². The van der Waals surface area contributed by atoms with Gasteiger partial charge in [-0.3, -0.25) is 4.98 Å². The van der Waals surface area contributed by atoms with E-state index in [0.717, 1.165) is 27.7 Å². The van der Waals surface area contributed by atoms with Crippen LogP contribution in [0, 0.1) is 6.92 Å². The molecule has 0 saturated carbocycles. The number of para-hydroxylation sites is 1. The second-order valence-corrected chi connectivity index (χ2v) is 4.54. The Morgan fingerprint density at radius 3 is 2.68 bits per heavy atom. The SMILES string of the molecule is Cc1cc2ccccc2nc1-c1ccc(CO)nc1. The van der Waals surface area contributed by atoms with Crippen molar-refractivity contribution in [3.8, 4) is 11.3 Å². The third-order valence-electron chi connectivity index (χ3n) is 3.17. The van der Waals surface area contributed by atoms with Crippen LogP contribution in [0.15, 0.2) is 48.7 Å². The zero-order valence-electron chi connectivity index (χ0n) is 10.7. The highest BCUT2D eigenvalue weighted by molar-refractivity contribution is 5.83. The minimum absolute atomic E-state index is 0.0373. The fourth-order valence-corrected chi connectivity index (χ4v) is 2.17. The number of rotatable bonds is 2. The average Bonchev–Trinajstić information content (AvgIpc) is 2.47. The van der Waals surface area contributed by atoms with Gasteiger partial charge in [0.15, 0.2) is 0 Å². The molecule has 0 fully saturated rings. The Hall–Kier alpha value is -2.26. The van der Waals surface area contributed by atoms with E-state index in [1.165, 1.54) is 0 Å². The van der Waals surface area contributed by atoms with Crippen LogP contribution in [0.25, 0.3) is 22.2 Å². The number of hydrogen-bond acceptors (Lipinski definition) is 3. The highest BCUT2D eigenvalue weighted by atomic mass is 16.3. The minimum Gasteiger partial charge on any atom is -0.390 e. The molecule has 3 aromatic rings. The zero-order valence-corrected chi connectivity index (χ0v) is 10.7. The van der Waals surface area contributed by atoms with E-state index in [2.05, 4.69) is 24.0 Å². The number of aliphatic hydroxyl groups is 1. The summed E-state index contributed by atoms with van der Waals surface area (Å²) in [5.41, 5.74) is 4.69. The summed E-state index contributed by atoms with van der Waals surface area (Å²) in [4.78, 5) is 8.90. The molecule has 0 saturated heterocycles. The molecule has 94 valence electrons. The van der Waals surface area contributed by atoms with Gasteiger partial charge in [-0.1, -0.05) is 18.2 Å². The number of aromatic nitrogens is 2. The van der Waals surface area contributed by atoms with Gasteiger partial charge in [-0.05, 0) is 36.8 Å². The standard InChI is InChI=1S/C16H14N2O/c1-11-8-12-4-2-3-5-15(12)18-16(11)13-6-7-14(10-19)17-9-13/h2-9,19H,10H2,1H3. The molecule has 1 aromatic carbocycles.